The summed E-state index contributed by atoms with van der Waals surface area (Å²) in [7, 11) is 0. The van der Waals surface area contributed by atoms with E-state index < -0.39 is 0 Å². The number of benzene rings is 2. The van der Waals surface area contributed by atoms with E-state index in [2.05, 4.69) is 42.6 Å². The van der Waals surface area contributed by atoms with Crippen molar-refractivity contribution in [3.05, 3.63) is 59.2 Å². The molecule has 2 aromatic carbocycles. The van der Waals surface area contributed by atoms with Crippen molar-refractivity contribution >= 4 is 28.6 Å². The summed E-state index contributed by atoms with van der Waals surface area (Å²) < 4.78 is 0. The Hall–Kier alpha value is -1.87. The van der Waals surface area contributed by atoms with Gasteiger partial charge in [0.2, 0.25) is 0 Å². The van der Waals surface area contributed by atoms with Gasteiger partial charge in [0.1, 0.15) is 4.99 Å². The van der Waals surface area contributed by atoms with Crippen molar-refractivity contribution in [3.63, 3.8) is 0 Å². The molecule has 0 spiro atoms. The highest BCUT2D eigenvalue weighted by atomic mass is 32.1. The van der Waals surface area contributed by atoms with Crippen molar-refractivity contribution < 1.29 is 0 Å². The minimum absolute atomic E-state index is 0.416. The fraction of sp³-hybridized carbons (Fsp3) is 0.235. The van der Waals surface area contributed by atoms with Gasteiger partial charge in [-0.3, -0.25) is 0 Å². The molecule has 3 heteroatoms. The summed E-state index contributed by atoms with van der Waals surface area (Å²) in [6.45, 7) is 4.22. The van der Waals surface area contributed by atoms with Gasteiger partial charge in [-0.1, -0.05) is 49.3 Å². The van der Waals surface area contributed by atoms with Crippen LogP contribution in [0.3, 0.4) is 0 Å². The lowest BCUT2D eigenvalue weighted by molar-refractivity contribution is 0.922. The zero-order valence-corrected chi connectivity index (χ0v) is 12.8. The maximum absolute atomic E-state index is 5.79. The van der Waals surface area contributed by atoms with Gasteiger partial charge in [-0.15, -0.1) is 0 Å². The van der Waals surface area contributed by atoms with Crippen LogP contribution in [0.1, 0.15) is 30.0 Å². The van der Waals surface area contributed by atoms with Crippen LogP contribution >= 0.6 is 12.2 Å². The van der Waals surface area contributed by atoms with Crippen LogP contribution in [0.4, 0.5) is 11.4 Å². The Morgan fingerprint density at radius 3 is 2.45 bits per heavy atom. The van der Waals surface area contributed by atoms with Crippen LogP contribution in [0.5, 0.6) is 0 Å². The maximum atomic E-state index is 5.79. The van der Waals surface area contributed by atoms with Crippen molar-refractivity contribution in [2.45, 2.75) is 26.7 Å². The molecule has 0 amide bonds. The molecule has 0 aromatic heterocycles. The lowest BCUT2D eigenvalue weighted by atomic mass is 10.1. The quantitative estimate of drug-likeness (QED) is 0.803. The van der Waals surface area contributed by atoms with Crippen molar-refractivity contribution in [3.8, 4) is 0 Å². The van der Waals surface area contributed by atoms with Gasteiger partial charge < -0.3 is 11.1 Å². The molecule has 0 fully saturated rings. The van der Waals surface area contributed by atoms with Gasteiger partial charge >= 0.3 is 0 Å². The standard InChI is InChI=1S/C17H20N2S/c1-3-4-13-6-8-14(9-7-13)19-16-10-5-12(2)11-15(16)17(18)20/h5-11,19H,3-4H2,1-2H3,(H2,18,20). The molecule has 0 heterocycles. The summed E-state index contributed by atoms with van der Waals surface area (Å²) >= 11 is 5.12. The lowest BCUT2D eigenvalue weighted by Crippen LogP contribution is -2.12. The van der Waals surface area contributed by atoms with Crippen LogP contribution in [0.25, 0.3) is 0 Å². The van der Waals surface area contributed by atoms with E-state index >= 15 is 0 Å². The van der Waals surface area contributed by atoms with Gasteiger partial charge in [-0.25, -0.2) is 0 Å². The van der Waals surface area contributed by atoms with Crippen LogP contribution < -0.4 is 11.1 Å². The minimum atomic E-state index is 0.416. The summed E-state index contributed by atoms with van der Waals surface area (Å²) in [6, 6.07) is 14.6. The van der Waals surface area contributed by atoms with Crippen molar-refractivity contribution in [2.24, 2.45) is 5.73 Å². The van der Waals surface area contributed by atoms with Gasteiger partial charge in [-0.2, -0.15) is 0 Å². The number of nitrogens with two attached hydrogens (primary N) is 1. The fourth-order valence-corrected chi connectivity index (χ4v) is 2.34. The number of rotatable bonds is 5. The molecule has 0 radical (unpaired) electrons. The molecule has 0 saturated carbocycles. The van der Waals surface area contributed by atoms with E-state index in [4.69, 9.17) is 18.0 Å². The third-order valence-electron chi connectivity index (χ3n) is 3.21. The van der Waals surface area contributed by atoms with Gasteiger partial charge in [-0.05, 0) is 43.2 Å². The molecule has 2 nitrogen and oxygen atoms in total. The Bertz CT molecular complexity index is 603. The molecule has 2 aromatic rings. The summed E-state index contributed by atoms with van der Waals surface area (Å²) in [5.74, 6) is 0. The first-order valence-corrected chi connectivity index (χ1v) is 7.27. The monoisotopic (exact) mass is 284 g/mol. The van der Waals surface area contributed by atoms with Crippen LogP contribution in [0.15, 0.2) is 42.5 Å². The van der Waals surface area contributed by atoms with Crippen LogP contribution in [0.2, 0.25) is 0 Å². The van der Waals surface area contributed by atoms with E-state index in [9.17, 15) is 0 Å². The Morgan fingerprint density at radius 1 is 1.15 bits per heavy atom. The molecule has 104 valence electrons. The van der Waals surface area contributed by atoms with E-state index in [1.807, 2.05) is 19.1 Å². The van der Waals surface area contributed by atoms with E-state index in [1.54, 1.807) is 0 Å². The second-order valence-corrected chi connectivity index (χ2v) is 5.43. The molecule has 0 aliphatic carbocycles. The molecule has 0 saturated heterocycles. The predicted octanol–water partition coefficient (Wildman–Crippen LogP) is 4.33. The summed E-state index contributed by atoms with van der Waals surface area (Å²) in [4.78, 5) is 0.416. The second-order valence-electron chi connectivity index (χ2n) is 4.99. The summed E-state index contributed by atoms with van der Waals surface area (Å²) in [6.07, 6.45) is 2.28. The number of hydrogen-bond donors (Lipinski definition) is 2. The normalized spacial score (nSPS) is 10.3. The molecular weight excluding hydrogens is 264 g/mol. The van der Waals surface area contributed by atoms with Crippen LogP contribution in [-0.2, 0) is 6.42 Å². The smallest absolute Gasteiger partial charge is 0.106 e. The molecule has 0 atom stereocenters. The fourth-order valence-electron chi connectivity index (χ4n) is 2.17. The van der Waals surface area contributed by atoms with E-state index in [0.29, 0.717) is 4.99 Å². The predicted molar refractivity (Wildman–Crippen MR) is 90.8 cm³/mol. The van der Waals surface area contributed by atoms with E-state index in [1.165, 1.54) is 5.56 Å². The number of aryl methyl sites for hydroxylation is 2. The number of hydrogen-bond acceptors (Lipinski definition) is 2. The largest absolute Gasteiger partial charge is 0.389 e. The average Bonchev–Trinajstić information content (AvgIpc) is 2.43. The first-order chi connectivity index (χ1) is 9.60. The van der Waals surface area contributed by atoms with Crippen molar-refractivity contribution in [2.75, 3.05) is 5.32 Å². The van der Waals surface area contributed by atoms with Gasteiger partial charge in [0, 0.05) is 16.9 Å². The zero-order chi connectivity index (χ0) is 14.5. The Balaban J connectivity index is 2.23. The highest BCUT2D eigenvalue weighted by molar-refractivity contribution is 7.80. The van der Waals surface area contributed by atoms with Crippen molar-refractivity contribution in [1.29, 1.82) is 0 Å². The maximum Gasteiger partial charge on any atom is 0.106 e. The molecule has 0 aliphatic rings. The Morgan fingerprint density at radius 2 is 1.85 bits per heavy atom. The highest BCUT2D eigenvalue weighted by Crippen LogP contribution is 2.22. The topological polar surface area (TPSA) is 38.0 Å². The molecule has 0 unspecified atom stereocenters. The second kappa shape index (κ2) is 6.53. The summed E-state index contributed by atoms with van der Waals surface area (Å²) in [5.41, 5.74) is 11.2. The molecule has 2 rings (SSSR count). The third kappa shape index (κ3) is 3.58. The average molecular weight is 284 g/mol. The van der Waals surface area contributed by atoms with E-state index in [0.717, 1.165) is 35.3 Å². The Labute approximate surface area is 126 Å². The van der Waals surface area contributed by atoms with Crippen LogP contribution in [0, 0.1) is 6.92 Å². The SMILES string of the molecule is CCCc1ccc(Nc2ccc(C)cc2C(N)=S)cc1. The molecule has 0 bridgehead atoms. The first-order valence-electron chi connectivity index (χ1n) is 6.86. The van der Waals surface area contributed by atoms with Gasteiger partial charge in [0.25, 0.3) is 0 Å². The molecule has 20 heavy (non-hydrogen) atoms. The van der Waals surface area contributed by atoms with Crippen LogP contribution in [-0.4, -0.2) is 4.99 Å². The number of thiocarbonyl (C=S) groups is 1. The number of anilines is 2. The molecular formula is C17H20N2S. The third-order valence-corrected chi connectivity index (χ3v) is 3.43. The lowest BCUT2D eigenvalue weighted by Gasteiger charge is -2.12. The minimum Gasteiger partial charge on any atom is -0.389 e. The first kappa shape index (κ1) is 14.5. The molecule has 3 N–H and O–H groups in total. The van der Waals surface area contributed by atoms with Gasteiger partial charge in [0.05, 0.1) is 0 Å². The highest BCUT2D eigenvalue weighted by Gasteiger charge is 2.06. The zero-order valence-electron chi connectivity index (χ0n) is 11.9. The van der Waals surface area contributed by atoms with E-state index in [-0.39, 0.29) is 0 Å². The molecule has 0 aliphatic heterocycles. The van der Waals surface area contributed by atoms with Crippen molar-refractivity contribution in [1.82, 2.24) is 0 Å². The number of nitrogens with one attached hydrogen (secondary N) is 1. The summed E-state index contributed by atoms with van der Waals surface area (Å²) in [5, 5.41) is 3.38. The Kier molecular flexibility index (Phi) is 4.74. The van der Waals surface area contributed by atoms with Gasteiger partial charge in [0.15, 0.2) is 0 Å².